The van der Waals surface area contributed by atoms with E-state index in [4.69, 9.17) is 4.74 Å². The van der Waals surface area contributed by atoms with Crippen molar-refractivity contribution in [2.45, 2.75) is 39.3 Å². The predicted octanol–water partition coefficient (Wildman–Crippen LogP) is 3.74. The van der Waals surface area contributed by atoms with Crippen LogP contribution in [0.15, 0.2) is 36.4 Å². The van der Waals surface area contributed by atoms with E-state index in [0.29, 0.717) is 5.88 Å². The van der Waals surface area contributed by atoms with Gasteiger partial charge in [0.05, 0.1) is 0 Å². The number of hydrogen-bond acceptors (Lipinski definition) is 3. The number of ether oxygens (including phenoxy) is 1. The second kappa shape index (κ2) is 5.63. The molecule has 3 heteroatoms. The molecule has 0 unspecified atom stereocenters. The molecule has 0 spiro atoms. The summed E-state index contributed by atoms with van der Waals surface area (Å²) in [6.07, 6.45) is 2.61. The smallest absolute Gasteiger partial charge is 0.219 e. The molecule has 1 aliphatic rings. The number of pyridine rings is 1. The molecule has 1 aromatic heterocycles. The van der Waals surface area contributed by atoms with Crippen LogP contribution in [0.5, 0.6) is 11.6 Å². The molecule has 20 heavy (non-hydrogen) atoms. The maximum absolute atomic E-state index is 5.85. The lowest BCUT2D eigenvalue weighted by atomic mass is 10.2. The van der Waals surface area contributed by atoms with Crippen molar-refractivity contribution in [2.24, 2.45) is 0 Å². The van der Waals surface area contributed by atoms with Crippen molar-refractivity contribution in [2.75, 3.05) is 0 Å². The Morgan fingerprint density at radius 2 is 1.95 bits per heavy atom. The number of hydrogen-bond donors (Lipinski definition) is 1. The molecule has 3 nitrogen and oxygen atoms in total. The first-order chi connectivity index (χ1) is 9.72. The molecule has 1 heterocycles. The summed E-state index contributed by atoms with van der Waals surface area (Å²) in [5.74, 6) is 1.52. The van der Waals surface area contributed by atoms with Gasteiger partial charge >= 0.3 is 0 Å². The fourth-order valence-corrected chi connectivity index (χ4v) is 2.14. The Bertz CT molecular complexity index is 606. The molecule has 1 fully saturated rings. The fraction of sp³-hybridized carbons (Fsp3) is 0.353. The zero-order valence-corrected chi connectivity index (χ0v) is 12.0. The molecule has 0 saturated heterocycles. The van der Waals surface area contributed by atoms with Gasteiger partial charge in [-0.25, -0.2) is 4.98 Å². The predicted molar refractivity (Wildman–Crippen MR) is 80.1 cm³/mol. The second-order valence-electron chi connectivity index (χ2n) is 5.42. The van der Waals surface area contributed by atoms with Crippen molar-refractivity contribution >= 4 is 0 Å². The van der Waals surface area contributed by atoms with Gasteiger partial charge in [-0.2, -0.15) is 0 Å². The Kier molecular flexibility index (Phi) is 3.70. The Morgan fingerprint density at radius 1 is 1.15 bits per heavy atom. The highest BCUT2D eigenvalue weighted by Crippen LogP contribution is 2.24. The molecule has 0 amide bonds. The second-order valence-corrected chi connectivity index (χ2v) is 5.42. The molecule has 1 saturated carbocycles. The highest BCUT2D eigenvalue weighted by molar-refractivity contribution is 5.35. The van der Waals surface area contributed by atoms with Crippen LogP contribution in [-0.4, -0.2) is 11.0 Å². The van der Waals surface area contributed by atoms with E-state index < -0.39 is 0 Å². The molecule has 0 radical (unpaired) electrons. The Balaban J connectivity index is 1.71. The normalized spacial score (nSPS) is 14.3. The van der Waals surface area contributed by atoms with Crippen molar-refractivity contribution < 1.29 is 4.74 Å². The van der Waals surface area contributed by atoms with Crippen LogP contribution in [-0.2, 0) is 6.54 Å². The highest BCUT2D eigenvalue weighted by atomic mass is 16.5. The number of rotatable bonds is 5. The third-order valence-corrected chi connectivity index (χ3v) is 3.64. The van der Waals surface area contributed by atoms with Gasteiger partial charge < -0.3 is 10.1 Å². The molecule has 104 valence electrons. The monoisotopic (exact) mass is 268 g/mol. The summed E-state index contributed by atoms with van der Waals surface area (Å²) in [6.45, 7) is 4.97. The molecule has 1 aliphatic carbocycles. The third-order valence-electron chi connectivity index (χ3n) is 3.64. The van der Waals surface area contributed by atoms with Gasteiger partial charge in [-0.1, -0.05) is 24.3 Å². The summed E-state index contributed by atoms with van der Waals surface area (Å²) in [5.41, 5.74) is 3.39. The van der Waals surface area contributed by atoms with Crippen LogP contribution < -0.4 is 10.1 Å². The third kappa shape index (κ3) is 3.17. The van der Waals surface area contributed by atoms with Gasteiger partial charge in [0.1, 0.15) is 5.75 Å². The average Bonchev–Trinajstić information content (AvgIpc) is 3.25. The van der Waals surface area contributed by atoms with Crippen LogP contribution in [0, 0.1) is 13.8 Å². The zero-order valence-electron chi connectivity index (χ0n) is 12.0. The summed E-state index contributed by atoms with van der Waals surface area (Å²) < 4.78 is 5.85. The topological polar surface area (TPSA) is 34.1 Å². The summed E-state index contributed by atoms with van der Waals surface area (Å²) in [6, 6.07) is 12.8. The van der Waals surface area contributed by atoms with E-state index >= 15 is 0 Å². The van der Waals surface area contributed by atoms with E-state index in [0.717, 1.165) is 29.6 Å². The molecule has 0 atom stereocenters. The van der Waals surface area contributed by atoms with Gasteiger partial charge in [0.25, 0.3) is 0 Å². The Hall–Kier alpha value is -1.87. The number of nitrogens with zero attached hydrogens (tertiary/aromatic N) is 1. The number of nitrogens with one attached hydrogen (secondary N) is 1. The molecule has 0 aliphatic heterocycles. The number of para-hydroxylation sites is 1. The van der Waals surface area contributed by atoms with Crippen molar-refractivity contribution in [1.29, 1.82) is 0 Å². The van der Waals surface area contributed by atoms with Crippen LogP contribution >= 0.6 is 0 Å². The Labute approximate surface area is 120 Å². The molecule has 1 N–H and O–H groups in total. The van der Waals surface area contributed by atoms with Crippen LogP contribution in [0.3, 0.4) is 0 Å². The number of aryl methyl sites for hydroxylation is 2. The number of aromatic nitrogens is 1. The van der Waals surface area contributed by atoms with E-state index in [1.807, 2.05) is 44.2 Å². The van der Waals surface area contributed by atoms with Crippen LogP contribution in [0.25, 0.3) is 0 Å². The van der Waals surface area contributed by atoms with Gasteiger partial charge in [0.15, 0.2) is 0 Å². The van der Waals surface area contributed by atoms with E-state index in [1.54, 1.807) is 0 Å². The average molecular weight is 268 g/mol. The number of benzene rings is 1. The molecule has 1 aromatic carbocycles. The van der Waals surface area contributed by atoms with Gasteiger partial charge in [0, 0.05) is 24.3 Å². The van der Waals surface area contributed by atoms with Gasteiger partial charge in [0.2, 0.25) is 5.88 Å². The van der Waals surface area contributed by atoms with Gasteiger partial charge in [-0.05, 0) is 43.9 Å². The van der Waals surface area contributed by atoms with Crippen LogP contribution in [0.1, 0.15) is 29.7 Å². The van der Waals surface area contributed by atoms with Crippen LogP contribution in [0.4, 0.5) is 0 Å². The lowest BCUT2D eigenvalue weighted by Gasteiger charge is -2.10. The quantitative estimate of drug-likeness (QED) is 0.897. The minimum absolute atomic E-state index is 0.659. The molecule has 2 aromatic rings. The minimum Gasteiger partial charge on any atom is -0.439 e. The summed E-state index contributed by atoms with van der Waals surface area (Å²) in [5, 5.41) is 3.51. The molecule has 0 bridgehead atoms. The van der Waals surface area contributed by atoms with Crippen molar-refractivity contribution in [3.63, 3.8) is 0 Å². The van der Waals surface area contributed by atoms with Crippen molar-refractivity contribution in [3.8, 4) is 11.6 Å². The fourth-order valence-electron chi connectivity index (χ4n) is 2.14. The summed E-state index contributed by atoms with van der Waals surface area (Å²) in [7, 11) is 0. The highest BCUT2D eigenvalue weighted by Gasteiger charge is 2.20. The standard InChI is InChI=1S/C17H20N2O/c1-12-5-3-4-6-16(12)20-17-10-7-14(13(2)19-17)11-18-15-8-9-15/h3-7,10,15,18H,8-9,11H2,1-2H3. The molecule has 3 rings (SSSR count). The largest absolute Gasteiger partial charge is 0.439 e. The van der Waals surface area contributed by atoms with Crippen molar-refractivity contribution in [3.05, 3.63) is 53.2 Å². The van der Waals surface area contributed by atoms with Crippen LogP contribution in [0.2, 0.25) is 0 Å². The summed E-state index contributed by atoms with van der Waals surface area (Å²) in [4.78, 5) is 4.55. The van der Waals surface area contributed by atoms with Gasteiger partial charge in [-0.15, -0.1) is 0 Å². The van der Waals surface area contributed by atoms with E-state index in [9.17, 15) is 0 Å². The maximum Gasteiger partial charge on any atom is 0.219 e. The zero-order chi connectivity index (χ0) is 13.9. The Morgan fingerprint density at radius 3 is 2.65 bits per heavy atom. The van der Waals surface area contributed by atoms with E-state index in [-0.39, 0.29) is 0 Å². The first-order valence-corrected chi connectivity index (χ1v) is 7.16. The summed E-state index contributed by atoms with van der Waals surface area (Å²) >= 11 is 0. The van der Waals surface area contributed by atoms with Crippen molar-refractivity contribution in [1.82, 2.24) is 10.3 Å². The lowest BCUT2D eigenvalue weighted by molar-refractivity contribution is 0.457. The maximum atomic E-state index is 5.85. The van der Waals surface area contributed by atoms with E-state index in [1.165, 1.54) is 18.4 Å². The van der Waals surface area contributed by atoms with E-state index in [2.05, 4.69) is 16.4 Å². The van der Waals surface area contributed by atoms with Gasteiger partial charge in [-0.3, -0.25) is 0 Å². The first-order valence-electron chi connectivity index (χ1n) is 7.16. The lowest BCUT2D eigenvalue weighted by Crippen LogP contribution is -2.16. The first kappa shape index (κ1) is 13.1. The minimum atomic E-state index is 0.659. The SMILES string of the molecule is Cc1ccccc1Oc1ccc(CNC2CC2)c(C)n1. The molecular weight excluding hydrogens is 248 g/mol. The molecular formula is C17H20N2O.